The summed E-state index contributed by atoms with van der Waals surface area (Å²) in [6, 6.07) is 16.6. The second-order valence-corrected chi connectivity index (χ2v) is 9.30. The Balaban J connectivity index is 1.10. The first-order valence-corrected chi connectivity index (χ1v) is 11.7. The van der Waals surface area contributed by atoms with Crippen molar-refractivity contribution in [3.05, 3.63) is 54.1 Å². The molecule has 2 aromatic carbocycles. The van der Waals surface area contributed by atoms with Crippen molar-refractivity contribution in [3.8, 4) is 11.5 Å². The van der Waals surface area contributed by atoms with Gasteiger partial charge in [0.2, 0.25) is 5.91 Å². The molecule has 31 heavy (non-hydrogen) atoms. The monoisotopic (exact) mass is 420 g/mol. The molecular formula is C26H32N2O3. The Morgan fingerprint density at radius 3 is 2.39 bits per heavy atom. The number of benzene rings is 2. The molecule has 1 aliphatic heterocycles. The molecule has 2 atom stereocenters. The molecule has 1 amide bonds. The molecule has 1 N–H and O–H groups in total. The summed E-state index contributed by atoms with van der Waals surface area (Å²) in [5.74, 6) is 3.04. The van der Waals surface area contributed by atoms with Crippen LogP contribution < -0.4 is 19.7 Å². The van der Waals surface area contributed by atoms with Gasteiger partial charge in [-0.25, -0.2) is 0 Å². The number of amides is 1. The molecule has 1 saturated heterocycles. The molecule has 5 rings (SSSR count). The van der Waals surface area contributed by atoms with Gasteiger partial charge in [0.15, 0.2) is 0 Å². The van der Waals surface area contributed by atoms with E-state index in [0.29, 0.717) is 0 Å². The van der Waals surface area contributed by atoms with Crippen molar-refractivity contribution >= 4 is 11.6 Å². The van der Waals surface area contributed by atoms with Crippen molar-refractivity contribution in [1.29, 1.82) is 0 Å². The van der Waals surface area contributed by atoms with Crippen LogP contribution in [-0.2, 0) is 4.79 Å². The van der Waals surface area contributed by atoms with E-state index >= 15 is 0 Å². The zero-order valence-corrected chi connectivity index (χ0v) is 18.3. The first-order valence-electron chi connectivity index (χ1n) is 11.7. The van der Waals surface area contributed by atoms with E-state index in [9.17, 15) is 4.79 Å². The van der Waals surface area contributed by atoms with Gasteiger partial charge in [-0.1, -0.05) is 12.1 Å². The SMILES string of the molecule is C[C@H](NC(=O)C1CC1)c1ccc(OC2CCN(c3ccc(OCC4CC4)cc3)C2)cc1. The summed E-state index contributed by atoms with van der Waals surface area (Å²) in [6.07, 6.45) is 5.88. The number of nitrogens with one attached hydrogen (secondary N) is 1. The lowest BCUT2D eigenvalue weighted by molar-refractivity contribution is -0.122. The molecular weight excluding hydrogens is 388 g/mol. The number of rotatable bonds is 9. The lowest BCUT2D eigenvalue weighted by atomic mass is 10.1. The molecule has 1 unspecified atom stereocenters. The van der Waals surface area contributed by atoms with Gasteiger partial charge in [-0.15, -0.1) is 0 Å². The number of hydrogen-bond acceptors (Lipinski definition) is 4. The average Bonchev–Trinajstić information content (AvgIpc) is 3.72. The van der Waals surface area contributed by atoms with Crippen molar-refractivity contribution in [2.75, 3.05) is 24.6 Å². The Kier molecular flexibility index (Phi) is 5.75. The number of hydrogen-bond donors (Lipinski definition) is 1. The molecule has 0 aromatic heterocycles. The molecule has 0 bridgehead atoms. The maximum absolute atomic E-state index is 12.0. The van der Waals surface area contributed by atoms with Gasteiger partial charge in [0.1, 0.15) is 17.6 Å². The Morgan fingerprint density at radius 1 is 1.00 bits per heavy atom. The molecule has 3 fully saturated rings. The summed E-state index contributed by atoms with van der Waals surface area (Å²) >= 11 is 0. The molecule has 2 aliphatic carbocycles. The van der Waals surface area contributed by atoms with E-state index in [1.54, 1.807) is 0 Å². The van der Waals surface area contributed by atoms with E-state index in [1.807, 2.05) is 19.1 Å². The molecule has 1 heterocycles. The minimum absolute atomic E-state index is 0.0281. The number of carbonyl (C=O) groups excluding carboxylic acids is 1. The van der Waals surface area contributed by atoms with E-state index in [0.717, 1.165) is 61.9 Å². The van der Waals surface area contributed by atoms with E-state index in [1.165, 1.54) is 18.5 Å². The molecule has 5 nitrogen and oxygen atoms in total. The minimum Gasteiger partial charge on any atom is -0.493 e. The third-order valence-electron chi connectivity index (χ3n) is 6.52. The predicted molar refractivity (Wildman–Crippen MR) is 122 cm³/mol. The maximum Gasteiger partial charge on any atom is 0.223 e. The lowest BCUT2D eigenvalue weighted by Gasteiger charge is -2.20. The highest BCUT2D eigenvalue weighted by Gasteiger charge is 2.30. The van der Waals surface area contributed by atoms with Crippen LogP contribution in [0.5, 0.6) is 11.5 Å². The van der Waals surface area contributed by atoms with Crippen LogP contribution >= 0.6 is 0 Å². The van der Waals surface area contributed by atoms with Gasteiger partial charge >= 0.3 is 0 Å². The quantitative estimate of drug-likeness (QED) is 0.638. The fourth-order valence-electron chi connectivity index (χ4n) is 4.10. The van der Waals surface area contributed by atoms with Crippen molar-refractivity contribution in [3.63, 3.8) is 0 Å². The van der Waals surface area contributed by atoms with Crippen LogP contribution in [0.25, 0.3) is 0 Å². The van der Waals surface area contributed by atoms with Crippen LogP contribution in [0.15, 0.2) is 48.5 Å². The standard InChI is InChI=1S/C26H32N2O3/c1-18(27-26(29)21-4-5-21)20-6-10-24(11-7-20)31-25-14-15-28(16-25)22-8-12-23(13-9-22)30-17-19-2-3-19/h6-13,18-19,21,25H,2-5,14-17H2,1H3,(H,27,29)/t18-,25?/m0/s1. The predicted octanol–water partition coefficient (Wildman–Crippen LogP) is 4.72. The molecule has 0 spiro atoms. The summed E-state index contributed by atoms with van der Waals surface area (Å²) in [4.78, 5) is 14.3. The van der Waals surface area contributed by atoms with Gasteiger partial charge in [0.25, 0.3) is 0 Å². The van der Waals surface area contributed by atoms with Gasteiger partial charge in [-0.05, 0) is 80.5 Å². The zero-order valence-electron chi connectivity index (χ0n) is 18.3. The average molecular weight is 421 g/mol. The van der Waals surface area contributed by atoms with Crippen molar-refractivity contribution in [2.24, 2.45) is 11.8 Å². The van der Waals surface area contributed by atoms with Gasteiger partial charge in [-0.2, -0.15) is 0 Å². The Labute approximate surface area is 184 Å². The van der Waals surface area contributed by atoms with Crippen LogP contribution in [0.1, 0.15) is 50.6 Å². The Bertz CT molecular complexity index is 888. The highest BCUT2D eigenvalue weighted by molar-refractivity contribution is 5.81. The first kappa shape index (κ1) is 20.2. The molecule has 2 saturated carbocycles. The van der Waals surface area contributed by atoms with Crippen LogP contribution in [0, 0.1) is 11.8 Å². The van der Waals surface area contributed by atoms with Gasteiger partial charge in [-0.3, -0.25) is 4.79 Å². The largest absolute Gasteiger partial charge is 0.493 e. The van der Waals surface area contributed by atoms with Crippen molar-refractivity contribution < 1.29 is 14.3 Å². The second kappa shape index (κ2) is 8.81. The normalized spacial score (nSPS) is 21.6. The number of carbonyl (C=O) groups is 1. The van der Waals surface area contributed by atoms with Crippen molar-refractivity contribution in [2.45, 2.75) is 51.2 Å². The maximum atomic E-state index is 12.0. The third-order valence-corrected chi connectivity index (χ3v) is 6.52. The van der Waals surface area contributed by atoms with E-state index in [-0.39, 0.29) is 24.0 Å². The minimum atomic E-state index is 0.0281. The summed E-state index contributed by atoms with van der Waals surface area (Å²) in [5, 5.41) is 3.10. The fraction of sp³-hybridized carbons (Fsp3) is 0.500. The van der Waals surface area contributed by atoms with Crippen molar-refractivity contribution in [1.82, 2.24) is 5.32 Å². The summed E-state index contributed by atoms with van der Waals surface area (Å²) < 4.78 is 12.1. The highest BCUT2D eigenvalue weighted by atomic mass is 16.5. The number of anilines is 1. The van der Waals surface area contributed by atoms with E-state index in [2.05, 4.69) is 46.6 Å². The summed E-state index contributed by atoms with van der Waals surface area (Å²) in [5.41, 5.74) is 2.33. The highest BCUT2D eigenvalue weighted by Crippen LogP contribution is 2.31. The van der Waals surface area contributed by atoms with Crippen LogP contribution in [0.3, 0.4) is 0 Å². The summed E-state index contributed by atoms with van der Waals surface area (Å²) in [6.45, 7) is 4.77. The smallest absolute Gasteiger partial charge is 0.223 e. The van der Waals surface area contributed by atoms with E-state index < -0.39 is 0 Å². The fourth-order valence-corrected chi connectivity index (χ4v) is 4.10. The van der Waals surface area contributed by atoms with Crippen LogP contribution in [0.2, 0.25) is 0 Å². The van der Waals surface area contributed by atoms with Gasteiger partial charge < -0.3 is 19.7 Å². The Hall–Kier alpha value is -2.69. The van der Waals surface area contributed by atoms with E-state index in [4.69, 9.17) is 9.47 Å². The Morgan fingerprint density at radius 2 is 1.71 bits per heavy atom. The second-order valence-electron chi connectivity index (χ2n) is 9.30. The van der Waals surface area contributed by atoms with Gasteiger partial charge in [0.05, 0.1) is 19.2 Å². The number of nitrogens with zero attached hydrogens (tertiary/aromatic N) is 1. The van der Waals surface area contributed by atoms with Crippen LogP contribution in [-0.4, -0.2) is 31.7 Å². The molecule has 0 radical (unpaired) electrons. The van der Waals surface area contributed by atoms with Crippen LogP contribution in [0.4, 0.5) is 5.69 Å². The topological polar surface area (TPSA) is 50.8 Å². The zero-order chi connectivity index (χ0) is 21.2. The number of ether oxygens (including phenoxy) is 2. The summed E-state index contributed by atoms with van der Waals surface area (Å²) in [7, 11) is 0. The lowest BCUT2D eigenvalue weighted by Crippen LogP contribution is -2.27. The molecule has 164 valence electrons. The van der Waals surface area contributed by atoms with Gasteiger partial charge in [0, 0.05) is 24.6 Å². The molecule has 2 aromatic rings. The third kappa shape index (κ3) is 5.33. The first-order chi connectivity index (χ1) is 15.1. The molecule has 3 aliphatic rings. The molecule has 5 heteroatoms.